The summed E-state index contributed by atoms with van der Waals surface area (Å²) in [6.45, 7) is 2.23. The summed E-state index contributed by atoms with van der Waals surface area (Å²) in [6, 6.07) is 12.8. The SMILES string of the molecule is CC(=O)N(CC(=O)NCc1ccc2c(c1)OCO2)Cc1ccccc1Cl. The van der Waals surface area contributed by atoms with Gasteiger partial charge in [0.25, 0.3) is 0 Å². The van der Waals surface area contributed by atoms with Crippen LogP contribution in [-0.4, -0.2) is 30.1 Å². The van der Waals surface area contributed by atoms with Crippen molar-refractivity contribution in [2.75, 3.05) is 13.3 Å². The van der Waals surface area contributed by atoms with Crippen LogP contribution >= 0.6 is 11.6 Å². The third-order valence-corrected chi connectivity index (χ3v) is 4.39. The van der Waals surface area contributed by atoms with Gasteiger partial charge in [-0.3, -0.25) is 9.59 Å². The summed E-state index contributed by atoms with van der Waals surface area (Å²) in [5.74, 6) is 0.927. The Kier molecular flexibility index (Phi) is 5.63. The van der Waals surface area contributed by atoms with Gasteiger partial charge >= 0.3 is 0 Å². The van der Waals surface area contributed by atoms with Gasteiger partial charge < -0.3 is 19.7 Å². The molecule has 1 heterocycles. The van der Waals surface area contributed by atoms with Crippen molar-refractivity contribution < 1.29 is 19.1 Å². The molecule has 0 fully saturated rings. The minimum Gasteiger partial charge on any atom is -0.454 e. The molecule has 1 N–H and O–H groups in total. The van der Waals surface area contributed by atoms with Crippen LogP contribution < -0.4 is 14.8 Å². The fourth-order valence-electron chi connectivity index (χ4n) is 2.59. The summed E-state index contributed by atoms with van der Waals surface area (Å²) < 4.78 is 10.6. The van der Waals surface area contributed by atoms with E-state index < -0.39 is 0 Å². The number of halogens is 1. The molecule has 3 rings (SSSR count). The third-order valence-electron chi connectivity index (χ3n) is 4.03. The Bertz CT molecular complexity index is 825. The Hall–Kier alpha value is -2.73. The number of benzene rings is 2. The van der Waals surface area contributed by atoms with Gasteiger partial charge in [0.15, 0.2) is 11.5 Å². The van der Waals surface area contributed by atoms with Gasteiger partial charge in [0.1, 0.15) is 0 Å². The molecule has 136 valence electrons. The molecule has 0 radical (unpaired) electrons. The van der Waals surface area contributed by atoms with E-state index in [-0.39, 0.29) is 31.7 Å². The van der Waals surface area contributed by atoms with E-state index in [2.05, 4.69) is 5.32 Å². The molecule has 6 nitrogen and oxygen atoms in total. The molecule has 7 heteroatoms. The first-order chi connectivity index (χ1) is 12.5. The number of carbonyl (C=O) groups excluding carboxylic acids is 2. The molecule has 26 heavy (non-hydrogen) atoms. The average Bonchev–Trinajstić information content (AvgIpc) is 3.09. The zero-order chi connectivity index (χ0) is 18.5. The van der Waals surface area contributed by atoms with E-state index in [4.69, 9.17) is 21.1 Å². The van der Waals surface area contributed by atoms with Gasteiger partial charge in [-0.15, -0.1) is 0 Å². The lowest BCUT2D eigenvalue weighted by atomic mass is 10.2. The summed E-state index contributed by atoms with van der Waals surface area (Å²) in [7, 11) is 0. The third kappa shape index (κ3) is 4.46. The monoisotopic (exact) mass is 374 g/mol. The molecular formula is C19H19ClN2O4. The number of hydrogen-bond acceptors (Lipinski definition) is 4. The molecule has 1 aliphatic heterocycles. The largest absolute Gasteiger partial charge is 0.454 e. The summed E-state index contributed by atoms with van der Waals surface area (Å²) in [6.07, 6.45) is 0. The number of carbonyl (C=O) groups is 2. The topological polar surface area (TPSA) is 67.9 Å². The maximum atomic E-state index is 12.2. The second kappa shape index (κ2) is 8.10. The highest BCUT2D eigenvalue weighted by molar-refractivity contribution is 6.31. The Morgan fingerprint density at radius 1 is 1.15 bits per heavy atom. The lowest BCUT2D eigenvalue weighted by Gasteiger charge is -2.21. The molecule has 0 atom stereocenters. The van der Waals surface area contributed by atoms with Gasteiger partial charge in [-0.1, -0.05) is 35.9 Å². The van der Waals surface area contributed by atoms with Crippen LogP contribution in [0.4, 0.5) is 0 Å². The minimum atomic E-state index is -0.245. The second-order valence-electron chi connectivity index (χ2n) is 5.93. The zero-order valence-electron chi connectivity index (χ0n) is 14.3. The summed E-state index contributed by atoms with van der Waals surface area (Å²) in [5, 5.41) is 3.38. The van der Waals surface area contributed by atoms with E-state index >= 15 is 0 Å². The molecule has 0 saturated heterocycles. The van der Waals surface area contributed by atoms with Crippen LogP contribution in [0.3, 0.4) is 0 Å². The van der Waals surface area contributed by atoms with Gasteiger partial charge in [0.05, 0.1) is 6.54 Å². The van der Waals surface area contributed by atoms with Crippen LogP contribution in [0.1, 0.15) is 18.1 Å². The van der Waals surface area contributed by atoms with Crippen molar-refractivity contribution in [2.45, 2.75) is 20.0 Å². The number of hydrogen-bond donors (Lipinski definition) is 1. The van der Waals surface area contributed by atoms with E-state index in [1.54, 1.807) is 6.07 Å². The maximum Gasteiger partial charge on any atom is 0.239 e. The highest BCUT2D eigenvalue weighted by Gasteiger charge is 2.16. The molecular weight excluding hydrogens is 356 g/mol. The fraction of sp³-hybridized carbons (Fsp3) is 0.263. The van der Waals surface area contributed by atoms with Crippen molar-refractivity contribution in [3.63, 3.8) is 0 Å². The number of ether oxygens (including phenoxy) is 2. The number of fused-ring (bicyclic) bond motifs is 1. The van der Waals surface area contributed by atoms with Crippen molar-refractivity contribution in [1.82, 2.24) is 10.2 Å². The Morgan fingerprint density at radius 2 is 1.92 bits per heavy atom. The Balaban J connectivity index is 1.56. The predicted octanol–water partition coefficient (Wildman–Crippen LogP) is 2.73. The standard InChI is InChI=1S/C19H19ClN2O4/c1-13(23)22(10-15-4-2-3-5-16(15)20)11-19(24)21-9-14-6-7-17-18(8-14)26-12-25-17/h2-8H,9-12H2,1H3,(H,21,24). The lowest BCUT2D eigenvalue weighted by Crippen LogP contribution is -2.39. The molecule has 1 aliphatic rings. The normalized spacial score (nSPS) is 11.9. The quantitative estimate of drug-likeness (QED) is 0.844. The molecule has 0 aliphatic carbocycles. The second-order valence-corrected chi connectivity index (χ2v) is 6.34. The lowest BCUT2D eigenvalue weighted by molar-refractivity contribution is -0.135. The molecule has 2 aromatic carbocycles. The van der Waals surface area contributed by atoms with Crippen molar-refractivity contribution in [2.24, 2.45) is 0 Å². The van der Waals surface area contributed by atoms with Crippen LogP contribution in [0, 0.1) is 0 Å². The van der Waals surface area contributed by atoms with Crippen molar-refractivity contribution in [3.8, 4) is 11.5 Å². The maximum absolute atomic E-state index is 12.2. The highest BCUT2D eigenvalue weighted by atomic mass is 35.5. The predicted molar refractivity (Wildman–Crippen MR) is 97.0 cm³/mol. The minimum absolute atomic E-state index is 0.0366. The summed E-state index contributed by atoms with van der Waals surface area (Å²) in [4.78, 5) is 25.6. The van der Waals surface area contributed by atoms with Gasteiger partial charge in [-0.25, -0.2) is 0 Å². The van der Waals surface area contributed by atoms with E-state index in [9.17, 15) is 9.59 Å². The van der Waals surface area contributed by atoms with E-state index in [0.717, 1.165) is 11.1 Å². The van der Waals surface area contributed by atoms with Crippen LogP contribution in [0.5, 0.6) is 11.5 Å². The van der Waals surface area contributed by atoms with E-state index in [1.807, 2.05) is 36.4 Å². The smallest absolute Gasteiger partial charge is 0.239 e. The van der Waals surface area contributed by atoms with Gasteiger partial charge in [-0.05, 0) is 29.3 Å². The first-order valence-corrected chi connectivity index (χ1v) is 8.55. The van der Waals surface area contributed by atoms with Crippen LogP contribution in [0.25, 0.3) is 0 Å². The molecule has 2 amide bonds. The molecule has 0 unspecified atom stereocenters. The van der Waals surface area contributed by atoms with E-state index in [0.29, 0.717) is 23.1 Å². The molecule has 2 aromatic rings. The molecule has 0 saturated carbocycles. The van der Waals surface area contributed by atoms with Crippen LogP contribution in [-0.2, 0) is 22.7 Å². The molecule has 0 aromatic heterocycles. The van der Waals surface area contributed by atoms with Crippen LogP contribution in [0.15, 0.2) is 42.5 Å². The first-order valence-electron chi connectivity index (χ1n) is 8.17. The fourth-order valence-corrected chi connectivity index (χ4v) is 2.79. The summed E-state index contributed by atoms with van der Waals surface area (Å²) >= 11 is 6.14. The average molecular weight is 375 g/mol. The van der Waals surface area contributed by atoms with Gasteiger partial charge in [-0.2, -0.15) is 0 Å². The van der Waals surface area contributed by atoms with Crippen molar-refractivity contribution in [3.05, 3.63) is 58.6 Å². The van der Waals surface area contributed by atoms with Crippen molar-refractivity contribution in [1.29, 1.82) is 0 Å². The number of nitrogens with zero attached hydrogens (tertiary/aromatic N) is 1. The highest BCUT2D eigenvalue weighted by Crippen LogP contribution is 2.32. The number of rotatable bonds is 6. The first kappa shape index (κ1) is 18.1. The Labute approximate surface area is 156 Å². The number of nitrogens with one attached hydrogen (secondary N) is 1. The van der Waals surface area contributed by atoms with Gasteiger partial charge in [0, 0.05) is 25.0 Å². The van der Waals surface area contributed by atoms with Gasteiger partial charge in [0.2, 0.25) is 18.6 Å². The Morgan fingerprint density at radius 3 is 2.69 bits per heavy atom. The summed E-state index contributed by atoms with van der Waals surface area (Å²) in [5.41, 5.74) is 1.69. The zero-order valence-corrected chi connectivity index (χ0v) is 15.1. The van der Waals surface area contributed by atoms with Crippen molar-refractivity contribution >= 4 is 23.4 Å². The molecule has 0 spiro atoms. The van der Waals surface area contributed by atoms with Crippen LogP contribution in [0.2, 0.25) is 5.02 Å². The van der Waals surface area contributed by atoms with E-state index in [1.165, 1.54) is 11.8 Å². The number of amides is 2. The molecule has 0 bridgehead atoms.